The number of esters is 1. The van der Waals surface area contributed by atoms with Gasteiger partial charge >= 0.3 is 12.0 Å². The molecule has 2 aromatic heterocycles. The lowest BCUT2D eigenvalue weighted by atomic mass is 10.2. The number of nitrogens with one attached hydrogen (secondary N) is 2. The molecule has 0 saturated heterocycles. The van der Waals surface area contributed by atoms with Crippen LogP contribution in [0.15, 0.2) is 77.7 Å². The highest BCUT2D eigenvalue weighted by Gasteiger charge is 2.13. The molecule has 4 rings (SSSR count). The summed E-state index contributed by atoms with van der Waals surface area (Å²) in [6.07, 6.45) is 1.74. The number of pyridine rings is 1. The van der Waals surface area contributed by atoms with Gasteiger partial charge in [-0.15, -0.1) is 0 Å². The van der Waals surface area contributed by atoms with Gasteiger partial charge in [0, 0.05) is 18.0 Å². The molecule has 9 heteroatoms. The Morgan fingerprint density at radius 2 is 1.76 bits per heavy atom. The Morgan fingerprint density at radius 1 is 1.00 bits per heavy atom. The maximum atomic E-state index is 12.4. The molecule has 0 spiro atoms. The Labute approximate surface area is 195 Å². The number of urea groups is 1. The van der Waals surface area contributed by atoms with E-state index in [0.717, 1.165) is 5.56 Å². The number of aryl methyl sites for hydroxylation is 1. The van der Waals surface area contributed by atoms with E-state index in [1.54, 1.807) is 60.8 Å². The van der Waals surface area contributed by atoms with Gasteiger partial charge in [-0.1, -0.05) is 18.2 Å². The number of anilines is 2. The zero-order valence-electron chi connectivity index (χ0n) is 18.6. The van der Waals surface area contributed by atoms with Gasteiger partial charge in [0.05, 0.1) is 24.1 Å². The lowest BCUT2D eigenvalue weighted by Crippen LogP contribution is -2.21. The van der Waals surface area contributed by atoms with Crippen LogP contribution in [0.4, 0.5) is 16.2 Å². The molecular weight excluding hydrogens is 436 g/mol. The predicted molar refractivity (Wildman–Crippen MR) is 127 cm³/mol. The van der Waals surface area contributed by atoms with E-state index in [2.05, 4.69) is 15.6 Å². The van der Waals surface area contributed by atoms with Crippen molar-refractivity contribution in [1.29, 1.82) is 0 Å². The van der Waals surface area contributed by atoms with Crippen molar-refractivity contribution >= 4 is 29.0 Å². The summed E-state index contributed by atoms with van der Waals surface area (Å²) in [6.45, 7) is 2.03. The number of nitrogens with zero attached hydrogens (tertiary/aromatic N) is 2. The van der Waals surface area contributed by atoms with E-state index in [9.17, 15) is 14.4 Å². The fourth-order valence-corrected chi connectivity index (χ4v) is 3.29. The minimum atomic E-state index is -0.545. The van der Waals surface area contributed by atoms with Crippen molar-refractivity contribution in [3.05, 3.63) is 100 Å². The van der Waals surface area contributed by atoms with Crippen molar-refractivity contribution in [2.24, 2.45) is 0 Å². The Hall–Kier alpha value is -4.66. The first-order valence-electron chi connectivity index (χ1n) is 10.4. The Balaban J connectivity index is 1.37. The first-order valence-corrected chi connectivity index (χ1v) is 10.4. The minimum Gasteiger partial charge on any atom is -0.487 e. The Morgan fingerprint density at radius 3 is 2.53 bits per heavy atom. The number of methoxy groups -OCH3 is 1. The number of aromatic nitrogens is 2. The third-order valence-electron chi connectivity index (χ3n) is 4.94. The highest BCUT2D eigenvalue weighted by Crippen LogP contribution is 2.19. The van der Waals surface area contributed by atoms with E-state index in [1.807, 2.05) is 13.0 Å². The molecule has 2 heterocycles. The monoisotopic (exact) mass is 458 g/mol. The summed E-state index contributed by atoms with van der Waals surface area (Å²) in [4.78, 5) is 41.0. The Bertz CT molecular complexity index is 1410. The van der Waals surface area contributed by atoms with Crippen LogP contribution in [0.1, 0.15) is 21.6 Å². The van der Waals surface area contributed by atoms with Gasteiger partial charge in [-0.3, -0.25) is 9.20 Å². The molecule has 4 aromatic rings. The molecule has 2 aromatic carbocycles. The van der Waals surface area contributed by atoms with Crippen molar-refractivity contribution in [2.45, 2.75) is 13.5 Å². The first-order chi connectivity index (χ1) is 16.4. The molecule has 2 amide bonds. The van der Waals surface area contributed by atoms with Crippen LogP contribution in [0.2, 0.25) is 0 Å². The molecule has 0 aliphatic heterocycles. The van der Waals surface area contributed by atoms with Gasteiger partial charge in [-0.2, -0.15) is 0 Å². The largest absolute Gasteiger partial charge is 0.487 e. The molecule has 0 saturated carbocycles. The van der Waals surface area contributed by atoms with Crippen LogP contribution in [0.25, 0.3) is 5.65 Å². The Kier molecular flexibility index (Phi) is 6.54. The second-order valence-electron chi connectivity index (χ2n) is 7.45. The average molecular weight is 458 g/mol. The van der Waals surface area contributed by atoms with Crippen LogP contribution in [-0.4, -0.2) is 28.5 Å². The quantitative estimate of drug-likeness (QED) is 0.422. The maximum Gasteiger partial charge on any atom is 0.339 e. The highest BCUT2D eigenvalue weighted by molar-refractivity contribution is 6.05. The number of rotatable bonds is 6. The zero-order valence-corrected chi connectivity index (χ0v) is 18.6. The SMILES string of the molecule is COC(=O)c1ccccc1NC(=O)Nc1ccc(OCc2cc(=O)n3cc(C)ccc3n2)cc1. The first kappa shape index (κ1) is 22.5. The smallest absolute Gasteiger partial charge is 0.339 e. The van der Waals surface area contributed by atoms with Gasteiger partial charge in [0.2, 0.25) is 0 Å². The molecule has 2 N–H and O–H groups in total. The highest BCUT2D eigenvalue weighted by atomic mass is 16.5. The molecule has 0 aliphatic rings. The lowest BCUT2D eigenvalue weighted by Gasteiger charge is -2.11. The standard InChI is InChI=1S/C25H22N4O5/c1-16-7-12-22-26-18(13-23(30)29(22)14-16)15-34-19-10-8-17(9-11-19)27-25(32)28-21-6-4-3-5-20(21)24(31)33-2/h3-14H,15H2,1-2H3,(H2,27,28,32). The van der Waals surface area contributed by atoms with Crippen LogP contribution < -0.4 is 20.9 Å². The summed E-state index contributed by atoms with van der Waals surface area (Å²) < 4.78 is 12.0. The number of hydrogen-bond donors (Lipinski definition) is 2. The summed E-state index contributed by atoms with van der Waals surface area (Å²) in [5, 5.41) is 5.33. The molecular formula is C25H22N4O5. The molecule has 172 valence electrons. The molecule has 0 atom stereocenters. The summed E-state index contributed by atoms with van der Waals surface area (Å²) >= 11 is 0. The number of carbonyl (C=O) groups is 2. The van der Waals surface area contributed by atoms with Gasteiger partial charge < -0.3 is 20.1 Å². The van der Waals surface area contributed by atoms with Crippen molar-refractivity contribution in [1.82, 2.24) is 9.38 Å². The fraction of sp³-hybridized carbons (Fsp3) is 0.120. The third-order valence-corrected chi connectivity index (χ3v) is 4.94. The van der Waals surface area contributed by atoms with E-state index in [-0.39, 0.29) is 17.7 Å². The number of para-hydroxylation sites is 1. The number of fused-ring (bicyclic) bond motifs is 1. The van der Waals surface area contributed by atoms with Crippen LogP contribution in [0.5, 0.6) is 5.75 Å². The second-order valence-corrected chi connectivity index (χ2v) is 7.45. The molecule has 0 unspecified atom stereocenters. The molecule has 34 heavy (non-hydrogen) atoms. The fourth-order valence-electron chi connectivity index (χ4n) is 3.29. The van der Waals surface area contributed by atoms with Crippen LogP contribution in [0, 0.1) is 6.92 Å². The molecule has 0 radical (unpaired) electrons. The maximum absolute atomic E-state index is 12.4. The molecule has 0 fully saturated rings. The number of amides is 2. The summed E-state index contributed by atoms with van der Waals surface area (Å²) in [7, 11) is 1.28. The van der Waals surface area contributed by atoms with E-state index in [1.165, 1.54) is 17.6 Å². The third kappa shape index (κ3) is 5.21. The van der Waals surface area contributed by atoms with E-state index < -0.39 is 12.0 Å². The predicted octanol–water partition coefficient (Wildman–Crippen LogP) is 4.01. The zero-order chi connectivity index (χ0) is 24.1. The van der Waals surface area contributed by atoms with Crippen molar-refractivity contribution in [2.75, 3.05) is 17.7 Å². The van der Waals surface area contributed by atoms with Gasteiger partial charge in [0.25, 0.3) is 5.56 Å². The summed E-state index contributed by atoms with van der Waals surface area (Å²) in [6, 6.07) is 17.9. The number of ether oxygens (including phenoxy) is 2. The lowest BCUT2D eigenvalue weighted by molar-refractivity contribution is 0.0602. The van der Waals surface area contributed by atoms with Crippen molar-refractivity contribution in [3.8, 4) is 5.75 Å². The summed E-state index contributed by atoms with van der Waals surface area (Å²) in [5.41, 5.74) is 2.97. The topological polar surface area (TPSA) is 111 Å². The normalized spacial score (nSPS) is 10.5. The van der Waals surface area contributed by atoms with Crippen LogP contribution in [-0.2, 0) is 11.3 Å². The van der Waals surface area contributed by atoms with Crippen molar-refractivity contribution < 1.29 is 19.1 Å². The van der Waals surface area contributed by atoms with E-state index in [0.29, 0.717) is 28.5 Å². The van der Waals surface area contributed by atoms with Crippen LogP contribution >= 0.6 is 0 Å². The molecule has 0 bridgehead atoms. The molecule has 9 nitrogen and oxygen atoms in total. The number of carbonyl (C=O) groups excluding carboxylic acids is 2. The van der Waals surface area contributed by atoms with E-state index >= 15 is 0 Å². The average Bonchev–Trinajstić information content (AvgIpc) is 2.84. The van der Waals surface area contributed by atoms with Gasteiger partial charge in [-0.25, -0.2) is 14.6 Å². The number of hydrogen-bond acceptors (Lipinski definition) is 6. The van der Waals surface area contributed by atoms with Crippen molar-refractivity contribution in [3.63, 3.8) is 0 Å². The van der Waals surface area contributed by atoms with Gasteiger partial charge in [0.1, 0.15) is 18.0 Å². The summed E-state index contributed by atoms with van der Waals surface area (Å²) in [5.74, 6) is 0.00372. The van der Waals surface area contributed by atoms with E-state index in [4.69, 9.17) is 9.47 Å². The number of benzene rings is 2. The van der Waals surface area contributed by atoms with Crippen LogP contribution in [0.3, 0.4) is 0 Å². The second kappa shape index (κ2) is 9.86. The van der Waals surface area contributed by atoms with Gasteiger partial charge in [-0.05, 0) is 55.0 Å². The minimum absolute atomic E-state index is 0.122. The molecule has 0 aliphatic carbocycles. The van der Waals surface area contributed by atoms with Gasteiger partial charge in [0.15, 0.2) is 0 Å².